The second kappa shape index (κ2) is 9.93. The third-order valence-electron chi connectivity index (χ3n) is 5.21. The molecule has 1 N–H and O–H groups in total. The van der Waals surface area contributed by atoms with E-state index in [4.69, 9.17) is 16.3 Å². The number of benzene rings is 2. The number of nitrogens with one attached hydrogen (secondary N) is 1. The summed E-state index contributed by atoms with van der Waals surface area (Å²) in [5, 5.41) is 2.39. The van der Waals surface area contributed by atoms with Crippen molar-refractivity contribution in [3.8, 4) is 5.75 Å². The quantitative estimate of drug-likeness (QED) is 0.639. The monoisotopic (exact) mass is 472 g/mol. The van der Waals surface area contributed by atoms with Gasteiger partial charge in [-0.05, 0) is 43.2 Å². The van der Waals surface area contributed by atoms with E-state index in [2.05, 4.69) is 5.32 Å². The van der Waals surface area contributed by atoms with Crippen LogP contribution >= 0.6 is 11.6 Å². The molecule has 1 saturated carbocycles. The topological polar surface area (TPSA) is 75.7 Å². The molecule has 3 rings (SSSR count). The summed E-state index contributed by atoms with van der Waals surface area (Å²) in [5.41, 5.74) is -0.349. The maximum Gasteiger partial charge on any atom is 0.243 e. The average Bonchev–Trinajstić information content (AvgIpc) is 2.75. The Labute approximate surface area is 185 Å². The van der Waals surface area contributed by atoms with Crippen LogP contribution < -0.4 is 10.1 Å². The van der Waals surface area contributed by atoms with E-state index < -0.39 is 34.1 Å². The van der Waals surface area contributed by atoms with Crippen molar-refractivity contribution in [3.63, 3.8) is 0 Å². The first kappa shape index (κ1) is 23.4. The molecular formula is C21H23ClF2N2O4S. The first-order valence-electron chi connectivity index (χ1n) is 9.82. The SMILES string of the molecule is COc1ccc(S(=O)(=O)N(CC(=O)Nc2cc(F)ccc2F)C2CCCCC2)cc1Cl. The molecule has 1 fully saturated rings. The van der Waals surface area contributed by atoms with Gasteiger partial charge in [-0.15, -0.1) is 0 Å². The van der Waals surface area contributed by atoms with Crippen molar-refractivity contribution < 1.29 is 26.7 Å². The van der Waals surface area contributed by atoms with E-state index in [1.807, 2.05) is 0 Å². The van der Waals surface area contributed by atoms with Gasteiger partial charge in [0.25, 0.3) is 0 Å². The van der Waals surface area contributed by atoms with E-state index in [0.717, 1.165) is 41.8 Å². The lowest BCUT2D eigenvalue weighted by Gasteiger charge is -2.33. The summed E-state index contributed by atoms with van der Waals surface area (Å²) in [4.78, 5) is 12.5. The minimum atomic E-state index is -4.09. The Morgan fingerprint density at radius 2 is 1.87 bits per heavy atom. The molecule has 2 aromatic rings. The molecule has 0 spiro atoms. The Morgan fingerprint density at radius 3 is 2.52 bits per heavy atom. The molecule has 1 amide bonds. The van der Waals surface area contributed by atoms with E-state index in [1.165, 1.54) is 25.3 Å². The predicted octanol–water partition coefficient (Wildman–Crippen LogP) is 4.59. The number of sulfonamides is 1. The van der Waals surface area contributed by atoms with Gasteiger partial charge in [0.05, 0.1) is 29.3 Å². The largest absolute Gasteiger partial charge is 0.495 e. The Hall–Kier alpha value is -2.23. The van der Waals surface area contributed by atoms with E-state index >= 15 is 0 Å². The van der Waals surface area contributed by atoms with E-state index in [-0.39, 0.29) is 21.6 Å². The second-order valence-electron chi connectivity index (χ2n) is 7.31. The van der Waals surface area contributed by atoms with Crippen LogP contribution in [0, 0.1) is 11.6 Å². The van der Waals surface area contributed by atoms with Gasteiger partial charge in [0.2, 0.25) is 15.9 Å². The highest BCUT2D eigenvalue weighted by atomic mass is 35.5. The highest BCUT2D eigenvalue weighted by molar-refractivity contribution is 7.89. The fourth-order valence-corrected chi connectivity index (χ4v) is 5.64. The van der Waals surface area contributed by atoms with Crippen LogP contribution in [0.2, 0.25) is 5.02 Å². The minimum absolute atomic E-state index is 0.0754. The van der Waals surface area contributed by atoms with Crippen molar-refractivity contribution in [3.05, 3.63) is 53.1 Å². The van der Waals surface area contributed by atoms with Crippen LogP contribution in [0.5, 0.6) is 5.75 Å². The van der Waals surface area contributed by atoms with Crippen molar-refractivity contribution in [2.75, 3.05) is 19.0 Å². The summed E-state index contributed by atoms with van der Waals surface area (Å²) in [6.07, 6.45) is 3.86. The fraction of sp³-hybridized carbons (Fsp3) is 0.381. The maximum absolute atomic E-state index is 13.9. The Balaban J connectivity index is 1.89. The van der Waals surface area contributed by atoms with Gasteiger partial charge in [-0.25, -0.2) is 17.2 Å². The van der Waals surface area contributed by atoms with E-state index in [0.29, 0.717) is 18.6 Å². The fourth-order valence-electron chi connectivity index (χ4n) is 3.65. The van der Waals surface area contributed by atoms with Crippen LogP contribution in [-0.4, -0.2) is 38.3 Å². The van der Waals surface area contributed by atoms with Gasteiger partial charge in [0, 0.05) is 12.1 Å². The Kier molecular flexibility index (Phi) is 7.51. The van der Waals surface area contributed by atoms with Crippen molar-refractivity contribution in [2.24, 2.45) is 0 Å². The molecule has 2 aromatic carbocycles. The molecule has 0 aromatic heterocycles. The first-order valence-corrected chi connectivity index (χ1v) is 11.6. The number of halogens is 3. The highest BCUT2D eigenvalue weighted by Crippen LogP contribution is 2.32. The standard InChI is InChI=1S/C21H23ClF2N2O4S/c1-30-20-10-8-16(12-17(20)22)31(28,29)26(15-5-3-2-4-6-15)13-21(27)25-19-11-14(23)7-9-18(19)24/h7-12,15H,2-6,13H2,1H3,(H,25,27). The van der Waals surface area contributed by atoms with Crippen LogP contribution in [-0.2, 0) is 14.8 Å². The number of rotatable bonds is 7. The number of carbonyl (C=O) groups is 1. The lowest BCUT2D eigenvalue weighted by molar-refractivity contribution is -0.116. The zero-order chi connectivity index (χ0) is 22.6. The van der Waals surface area contributed by atoms with Crippen LogP contribution in [0.4, 0.5) is 14.5 Å². The molecule has 31 heavy (non-hydrogen) atoms. The third kappa shape index (κ3) is 5.53. The lowest BCUT2D eigenvalue weighted by atomic mass is 9.95. The molecule has 168 valence electrons. The van der Waals surface area contributed by atoms with Crippen molar-refractivity contribution >= 4 is 33.2 Å². The van der Waals surface area contributed by atoms with Crippen LogP contribution in [0.15, 0.2) is 41.3 Å². The number of ether oxygens (including phenoxy) is 1. The molecule has 0 unspecified atom stereocenters. The summed E-state index contributed by atoms with van der Waals surface area (Å²) < 4.78 is 60.3. The molecule has 10 heteroatoms. The number of hydrogen-bond donors (Lipinski definition) is 1. The summed E-state index contributed by atoms with van der Waals surface area (Å²) in [5.74, 6) is -1.98. The first-order chi connectivity index (χ1) is 14.7. The Morgan fingerprint density at radius 1 is 1.16 bits per heavy atom. The van der Waals surface area contributed by atoms with E-state index in [9.17, 15) is 22.0 Å². The number of methoxy groups -OCH3 is 1. The van der Waals surface area contributed by atoms with Crippen molar-refractivity contribution in [1.29, 1.82) is 0 Å². The number of hydrogen-bond acceptors (Lipinski definition) is 4. The third-order valence-corrected chi connectivity index (χ3v) is 7.40. The van der Waals surface area contributed by atoms with Gasteiger partial charge in [-0.2, -0.15) is 4.31 Å². The van der Waals surface area contributed by atoms with Gasteiger partial charge in [-0.3, -0.25) is 4.79 Å². The van der Waals surface area contributed by atoms with Crippen molar-refractivity contribution in [2.45, 2.75) is 43.0 Å². The van der Waals surface area contributed by atoms with E-state index in [1.54, 1.807) is 0 Å². The molecule has 0 aliphatic heterocycles. The number of carbonyl (C=O) groups excluding carboxylic acids is 1. The lowest BCUT2D eigenvalue weighted by Crippen LogP contribution is -2.45. The zero-order valence-corrected chi connectivity index (χ0v) is 18.5. The number of anilines is 1. The number of nitrogens with zero attached hydrogens (tertiary/aromatic N) is 1. The summed E-state index contributed by atoms with van der Waals surface area (Å²) in [6.45, 7) is -0.535. The van der Waals surface area contributed by atoms with Crippen LogP contribution in [0.1, 0.15) is 32.1 Å². The van der Waals surface area contributed by atoms with Gasteiger partial charge < -0.3 is 10.1 Å². The smallest absolute Gasteiger partial charge is 0.243 e. The van der Waals surface area contributed by atoms with Gasteiger partial charge in [0.15, 0.2) is 0 Å². The van der Waals surface area contributed by atoms with Crippen LogP contribution in [0.25, 0.3) is 0 Å². The molecule has 0 saturated heterocycles. The molecule has 1 aliphatic carbocycles. The molecule has 0 radical (unpaired) electrons. The molecule has 0 atom stereocenters. The second-order valence-corrected chi connectivity index (χ2v) is 9.61. The van der Waals surface area contributed by atoms with Crippen LogP contribution in [0.3, 0.4) is 0 Å². The van der Waals surface area contributed by atoms with Gasteiger partial charge >= 0.3 is 0 Å². The number of amides is 1. The van der Waals surface area contributed by atoms with Gasteiger partial charge in [-0.1, -0.05) is 30.9 Å². The predicted molar refractivity (Wildman–Crippen MR) is 114 cm³/mol. The zero-order valence-electron chi connectivity index (χ0n) is 16.9. The molecule has 0 heterocycles. The summed E-state index contributed by atoms with van der Waals surface area (Å²) in [7, 11) is -2.67. The molecule has 0 bridgehead atoms. The molecular weight excluding hydrogens is 450 g/mol. The maximum atomic E-state index is 13.9. The minimum Gasteiger partial charge on any atom is -0.495 e. The average molecular weight is 473 g/mol. The summed E-state index contributed by atoms with van der Waals surface area (Å²) >= 11 is 6.11. The van der Waals surface area contributed by atoms with Crippen molar-refractivity contribution in [1.82, 2.24) is 4.31 Å². The summed E-state index contributed by atoms with van der Waals surface area (Å²) in [6, 6.07) is 6.35. The highest BCUT2D eigenvalue weighted by Gasteiger charge is 2.34. The van der Waals surface area contributed by atoms with Gasteiger partial charge in [0.1, 0.15) is 17.4 Å². The Bertz CT molecular complexity index is 1060. The normalized spacial score (nSPS) is 15.1. The molecule has 6 nitrogen and oxygen atoms in total. The molecule has 1 aliphatic rings.